The molecule has 0 aliphatic carbocycles. The highest BCUT2D eigenvalue weighted by molar-refractivity contribution is 7.78. The first kappa shape index (κ1) is 18.4. The predicted molar refractivity (Wildman–Crippen MR) is 88.2 cm³/mol. The Kier molecular flexibility index (Phi) is 6.77. The molecule has 2 atom stereocenters. The molecule has 0 N–H and O–H groups in total. The van der Waals surface area contributed by atoms with E-state index in [1.54, 1.807) is 39.0 Å². The molecule has 0 spiro atoms. The van der Waals surface area contributed by atoms with Gasteiger partial charge in [0.25, 0.3) is 11.3 Å². The minimum absolute atomic E-state index is 0.157. The summed E-state index contributed by atoms with van der Waals surface area (Å²) in [5.41, 5.74) is 0.138. The third kappa shape index (κ3) is 5.27. The molecule has 1 heterocycles. The lowest BCUT2D eigenvalue weighted by molar-refractivity contribution is 0.0380. The van der Waals surface area contributed by atoms with Crippen molar-refractivity contribution in [2.45, 2.75) is 39.3 Å². The highest BCUT2D eigenvalue weighted by atomic mass is 32.2. The first-order chi connectivity index (χ1) is 10.3. The molecule has 122 valence electrons. The Labute approximate surface area is 134 Å². The molecule has 1 fully saturated rings. The van der Waals surface area contributed by atoms with Crippen molar-refractivity contribution < 1.29 is 17.9 Å². The molecule has 0 aromatic heterocycles. The molecule has 6 heteroatoms. The lowest BCUT2D eigenvalue weighted by Crippen LogP contribution is -2.41. The zero-order chi connectivity index (χ0) is 16.8. The summed E-state index contributed by atoms with van der Waals surface area (Å²) in [6, 6.07) is -0.457. The zero-order valence-electron chi connectivity index (χ0n) is 13.4. The normalized spacial score (nSPS) is 23.5. The summed E-state index contributed by atoms with van der Waals surface area (Å²) in [6.45, 7) is 10.9. The number of ether oxygens (including phenoxy) is 1. The topological polar surface area (TPSA) is 55.8 Å². The Hall–Kier alpha value is -1.66. The van der Waals surface area contributed by atoms with Crippen LogP contribution in [-0.4, -0.2) is 32.9 Å². The van der Waals surface area contributed by atoms with Gasteiger partial charge in [-0.05, 0) is 33.3 Å². The summed E-state index contributed by atoms with van der Waals surface area (Å²) in [7, 11) is 0. The predicted octanol–water partition coefficient (Wildman–Crippen LogP) is 3.45. The van der Waals surface area contributed by atoms with Crippen molar-refractivity contribution in [1.29, 1.82) is 0 Å². The molecule has 1 aliphatic heterocycles. The van der Waals surface area contributed by atoms with E-state index in [1.165, 1.54) is 0 Å². The standard InChI is InChI=1S/C16H23NO4S/c1-6-8-9-11-13(10-7-2)14-12-20-22(19)17(14)15(18)21-16(3,4)5/h6-11,14H,1,12H2,2-5H3/b9-8-,10-7-,13-11+. The molecule has 0 bridgehead atoms. The van der Waals surface area contributed by atoms with E-state index < -0.39 is 29.0 Å². The maximum atomic E-state index is 12.3. The molecule has 1 aliphatic rings. The van der Waals surface area contributed by atoms with Gasteiger partial charge in [-0.2, -0.15) is 4.31 Å². The number of amides is 1. The Morgan fingerprint density at radius 3 is 2.64 bits per heavy atom. The highest BCUT2D eigenvalue weighted by Gasteiger charge is 2.40. The second-order valence-corrected chi connectivity index (χ2v) is 6.67. The van der Waals surface area contributed by atoms with Crippen LogP contribution in [0.3, 0.4) is 0 Å². The van der Waals surface area contributed by atoms with E-state index in [-0.39, 0.29) is 6.61 Å². The zero-order valence-corrected chi connectivity index (χ0v) is 14.3. The second-order valence-electron chi connectivity index (χ2n) is 5.61. The van der Waals surface area contributed by atoms with Gasteiger partial charge >= 0.3 is 6.09 Å². The lowest BCUT2D eigenvalue weighted by atomic mass is 10.1. The molecular formula is C16H23NO4S. The largest absolute Gasteiger partial charge is 0.443 e. The van der Waals surface area contributed by atoms with Crippen LogP contribution < -0.4 is 0 Å². The second kappa shape index (κ2) is 8.10. The van der Waals surface area contributed by atoms with Gasteiger partial charge in [0, 0.05) is 0 Å². The monoisotopic (exact) mass is 325 g/mol. The van der Waals surface area contributed by atoms with Crippen LogP contribution in [0.5, 0.6) is 0 Å². The summed E-state index contributed by atoms with van der Waals surface area (Å²) in [4.78, 5) is 12.3. The van der Waals surface area contributed by atoms with Crippen LogP contribution in [0.1, 0.15) is 27.7 Å². The molecule has 0 radical (unpaired) electrons. The van der Waals surface area contributed by atoms with Gasteiger partial charge in [0.05, 0.1) is 6.61 Å². The Balaban J connectivity index is 3.06. The average molecular weight is 325 g/mol. The highest BCUT2D eigenvalue weighted by Crippen LogP contribution is 2.25. The number of allylic oxidation sites excluding steroid dienone is 5. The van der Waals surface area contributed by atoms with Crippen molar-refractivity contribution in [2.24, 2.45) is 0 Å². The van der Waals surface area contributed by atoms with Crippen LogP contribution >= 0.6 is 0 Å². The smallest absolute Gasteiger partial charge is 0.424 e. The Morgan fingerprint density at radius 2 is 2.09 bits per heavy atom. The van der Waals surface area contributed by atoms with Crippen molar-refractivity contribution in [3.05, 3.63) is 48.6 Å². The Bertz CT molecular complexity index is 529. The van der Waals surface area contributed by atoms with E-state index in [2.05, 4.69) is 6.58 Å². The van der Waals surface area contributed by atoms with E-state index in [0.29, 0.717) is 0 Å². The van der Waals surface area contributed by atoms with Crippen LogP contribution in [0.2, 0.25) is 0 Å². The van der Waals surface area contributed by atoms with Crippen LogP contribution in [0, 0.1) is 0 Å². The lowest BCUT2D eigenvalue weighted by Gasteiger charge is -2.26. The third-order valence-electron chi connectivity index (χ3n) is 2.62. The van der Waals surface area contributed by atoms with Gasteiger partial charge in [0.2, 0.25) is 0 Å². The van der Waals surface area contributed by atoms with E-state index in [0.717, 1.165) is 9.88 Å². The van der Waals surface area contributed by atoms with Crippen LogP contribution in [0.4, 0.5) is 4.79 Å². The minimum atomic E-state index is -1.85. The summed E-state index contributed by atoms with van der Waals surface area (Å²) in [5, 5.41) is 0. The van der Waals surface area contributed by atoms with Crippen molar-refractivity contribution in [3.8, 4) is 0 Å². The van der Waals surface area contributed by atoms with Crippen molar-refractivity contribution in [3.63, 3.8) is 0 Å². The number of rotatable bonds is 4. The molecule has 5 nitrogen and oxygen atoms in total. The maximum absolute atomic E-state index is 12.3. The number of carbonyl (C=O) groups excluding carboxylic acids is 1. The first-order valence-corrected chi connectivity index (χ1v) is 8.02. The summed E-state index contributed by atoms with van der Waals surface area (Å²) in [5.74, 6) is 0. The van der Waals surface area contributed by atoms with Gasteiger partial charge in [0.1, 0.15) is 11.6 Å². The molecule has 0 aromatic carbocycles. The van der Waals surface area contributed by atoms with Gasteiger partial charge in [-0.15, -0.1) is 0 Å². The van der Waals surface area contributed by atoms with Gasteiger partial charge in [0.15, 0.2) is 0 Å². The average Bonchev–Trinajstić information content (AvgIpc) is 2.78. The molecule has 1 rings (SSSR count). The summed E-state index contributed by atoms with van der Waals surface area (Å²) < 4.78 is 23.5. The van der Waals surface area contributed by atoms with E-state index in [4.69, 9.17) is 8.92 Å². The molecular weight excluding hydrogens is 302 g/mol. The number of carbonyl (C=O) groups is 1. The Morgan fingerprint density at radius 1 is 1.41 bits per heavy atom. The fraction of sp³-hybridized carbons (Fsp3) is 0.438. The number of nitrogens with zero attached hydrogens (tertiary/aromatic N) is 1. The van der Waals surface area contributed by atoms with E-state index >= 15 is 0 Å². The SMILES string of the molecule is C=C\C=C/C=C(\C=C/C)C1COS(=O)N1C(=O)OC(C)(C)C. The molecule has 0 saturated carbocycles. The van der Waals surface area contributed by atoms with Crippen molar-refractivity contribution >= 4 is 17.4 Å². The van der Waals surface area contributed by atoms with Gasteiger partial charge < -0.3 is 4.74 Å². The first-order valence-electron chi connectivity index (χ1n) is 6.99. The molecule has 1 amide bonds. The van der Waals surface area contributed by atoms with Gasteiger partial charge in [-0.25, -0.2) is 9.00 Å². The third-order valence-corrected chi connectivity index (χ3v) is 3.69. The van der Waals surface area contributed by atoms with Crippen molar-refractivity contribution in [2.75, 3.05) is 6.61 Å². The number of hydrogen-bond donors (Lipinski definition) is 0. The van der Waals surface area contributed by atoms with Crippen LogP contribution in [0.15, 0.2) is 48.6 Å². The van der Waals surface area contributed by atoms with Crippen LogP contribution in [0.25, 0.3) is 0 Å². The minimum Gasteiger partial charge on any atom is -0.443 e. The molecule has 1 saturated heterocycles. The number of hydrogen-bond acceptors (Lipinski definition) is 4. The van der Waals surface area contributed by atoms with Crippen molar-refractivity contribution in [1.82, 2.24) is 4.31 Å². The summed E-state index contributed by atoms with van der Waals surface area (Å²) >= 11 is -1.85. The van der Waals surface area contributed by atoms with Gasteiger partial charge in [-0.3, -0.25) is 4.18 Å². The van der Waals surface area contributed by atoms with Crippen LogP contribution in [-0.2, 0) is 20.2 Å². The molecule has 2 unspecified atom stereocenters. The quantitative estimate of drug-likeness (QED) is 0.743. The molecule has 22 heavy (non-hydrogen) atoms. The fourth-order valence-electron chi connectivity index (χ4n) is 1.79. The van der Waals surface area contributed by atoms with E-state index in [1.807, 2.05) is 25.2 Å². The maximum Gasteiger partial charge on any atom is 0.424 e. The fourth-order valence-corrected chi connectivity index (χ4v) is 2.70. The molecule has 0 aromatic rings. The van der Waals surface area contributed by atoms with E-state index in [9.17, 15) is 9.00 Å². The van der Waals surface area contributed by atoms with Gasteiger partial charge in [-0.1, -0.05) is 43.0 Å². The summed E-state index contributed by atoms with van der Waals surface area (Å²) in [6.07, 6.45) is 10.1.